The summed E-state index contributed by atoms with van der Waals surface area (Å²) in [5, 5.41) is 3.33. The summed E-state index contributed by atoms with van der Waals surface area (Å²) in [7, 11) is 0. The summed E-state index contributed by atoms with van der Waals surface area (Å²) in [6.45, 7) is 10.9. The van der Waals surface area contributed by atoms with Crippen molar-refractivity contribution >= 4 is 5.91 Å². The summed E-state index contributed by atoms with van der Waals surface area (Å²) in [4.78, 5) is 12.6. The van der Waals surface area contributed by atoms with Crippen LogP contribution in [-0.2, 0) is 11.2 Å². The zero-order valence-corrected chi connectivity index (χ0v) is 15.0. The topological polar surface area (TPSA) is 29.1 Å². The first kappa shape index (κ1) is 18.7. The fourth-order valence-corrected chi connectivity index (χ4v) is 2.68. The Balaban J connectivity index is 2.74. The maximum absolute atomic E-state index is 12.6. The molecule has 0 heterocycles. The van der Waals surface area contributed by atoms with E-state index in [4.69, 9.17) is 0 Å². The van der Waals surface area contributed by atoms with E-state index in [9.17, 15) is 4.79 Å². The number of benzene rings is 1. The minimum atomic E-state index is 0.0501. The monoisotopic (exact) mass is 303 g/mol. The summed E-state index contributed by atoms with van der Waals surface area (Å²) in [6, 6.07) is 10.6. The van der Waals surface area contributed by atoms with Gasteiger partial charge in [-0.25, -0.2) is 0 Å². The molecular weight excluding hydrogens is 270 g/mol. The minimum Gasteiger partial charge on any atom is -0.352 e. The Morgan fingerprint density at radius 1 is 1.14 bits per heavy atom. The molecule has 0 aliphatic heterocycles. The molecule has 1 aromatic rings. The third kappa shape index (κ3) is 6.21. The van der Waals surface area contributed by atoms with Gasteiger partial charge < -0.3 is 5.32 Å². The van der Waals surface area contributed by atoms with Crippen molar-refractivity contribution in [3.05, 3.63) is 35.9 Å². The molecule has 0 aliphatic rings. The number of carbonyl (C=O) groups is 1. The normalized spacial score (nSPS) is 14.4. The van der Waals surface area contributed by atoms with Crippen LogP contribution >= 0.6 is 0 Å². The number of hydrogen-bond acceptors (Lipinski definition) is 1. The first-order valence-electron chi connectivity index (χ1n) is 8.72. The van der Waals surface area contributed by atoms with E-state index in [1.54, 1.807) is 0 Å². The van der Waals surface area contributed by atoms with Gasteiger partial charge in [0.25, 0.3) is 0 Å². The lowest BCUT2D eigenvalue weighted by Crippen LogP contribution is -2.47. The van der Waals surface area contributed by atoms with Crippen molar-refractivity contribution in [3.8, 4) is 0 Å². The predicted molar refractivity (Wildman–Crippen MR) is 94.8 cm³/mol. The van der Waals surface area contributed by atoms with Gasteiger partial charge in [-0.05, 0) is 30.2 Å². The van der Waals surface area contributed by atoms with Crippen molar-refractivity contribution in [2.75, 3.05) is 0 Å². The first-order chi connectivity index (χ1) is 10.4. The van der Waals surface area contributed by atoms with Gasteiger partial charge in [-0.2, -0.15) is 0 Å². The Bertz CT molecular complexity index is 433. The summed E-state index contributed by atoms with van der Waals surface area (Å²) in [5.41, 5.74) is 1.33. The van der Waals surface area contributed by atoms with Gasteiger partial charge in [0, 0.05) is 12.0 Å². The van der Waals surface area contributed by atoms with E-state index < -0.39 is 0 Å². The highest BCUT2D eigenvalue weighted by Crippen LogP contribution is 2.24. The summed E-state index contributed by atoms with van der Waals surface area (Å²) < 4.78 is 0. The van der Waals surface area contributed by atoms with Gasteiger partial charge in [-0.15, -0.1) is 0 Å². The van der Waals surface area contributed by atoms with Crippen LogP contribution in [0.25, 0.3) is 0 Å². The fraction of sp³-hybridized carbons (Fsp3) is 0.650. The molecule has 0 bridgehead atoms. The van der Waals surface area contributed by atoms with Crippen molar-refractivity contribution in [2.45, 2.75) is 72.8 Å². The summed E-state index contributed by atoms with van der Waals surface area (Å²) >= 11 is 0. The quantitative estimate of drug-likeness (QED) is 0.721. The lowest BCUT2D eigenvalue weighted by molar-refractivity contribution is -0.126. The largest absolute Gasteiger partial charge is 0.352 e. The molecule has 0 saturated heterocycles. The molecule has 1 amide bonds. The highest BCUT2D eigenvalue weighted by Gasteiger charge is 2.28. The molecular formula is C20H33NO. The number of unbranched alkanes of at least 4 members (excludes halogenated alkanes) is 1. The zero-order valence-electron chi connectivity index (χ0n) is 15.0. The van der Waals surface area contributed by atoms with Crippen molar-refractivity contribution in [1.82, 2.24) is 5.32 Å². The van der Waals surface area contributed by atoms with Crippen molar-refractivity contribution < 1.29 is 4.79 Å². The standard InChI is InChI=1S/C20H33NO/c1-6-8-14-17(7-2)19(22)21-18(20(3,4)5)15-16-12-10-9-11-13-16/h9-13,17-18H,6-8,14-15H2,1-5H3,(H,21,22). The number of carbonyl (C=O) groups excluding carboxylic acids is 1. The van der Waals surface area contributed by atoms with E-state index >= 15 is 0 Å². The Morgan fingerprint density at radius 3 is 2.27 bits per heavy atom. The Morgan fingerprint density at radius 2 is 1.77 bits per heavy atom. The molecule has 1 rings (SSSR count). The number of nitrogens with one attached hydrogen (secondary N) is 1. The average molecular weight is 303 g/mol. The molecule has 0 fully saturated rings. The van der Waals surface area contributed by atoms with E-state index in [1.807, 2.05) is 6.07 Å². The molecule has 0 aromatic heterocycles. The number of rotatable bonds is 8. The molecule has 2 heteroatoms. The molecule has 0 saturated carbocycles. The predicted octanol–water partition coefficient (Wildman–Crippen LogP) is 4.98. The SMILES string of the molecule is CCCCC(CC)C(=O)NC(Cc1ccccc1)C(C)(C)C. The fourth-order valence-electron chi connectivity index (χ4n) is 2.68. The molecule has 22 heavy (non-hydrogen) atoms. The molecule has 124 valence electrons. The highest BCUT2D eigenvalue weighted by atomic mass is 16.1. The van der Waals surface area contributed by atoms with Crippen molar-refractivity contribution in [2.24, 2.45) is 11.3 Å². The van der Waals surface area contributed by atoms with Crippen LogP contribution in [0.5, 0.6) is 0 Å². The van der Waals surface area contributed by atoms with Gasteiger partial charge in [0.2, 0.25) is 5.91 Å². The summed E-state index contributed by atoms with van der Waals surface area (Å²) in [5.74, 6) is 0.382. The van der Waals surface area contributed by atoms with E-state index in [0.29, 0.717) is 0 Å². The van der Waals surface area contributed by atoms with E-state index in [-0.39, 0.29) is 23.3 Å². The van der Waals surface area contributed by atoms with E-state index in [2.05, 4.69) is 64.2 Å². The smallest absolute Gasteiger partial charge is 0.223 e. The van der Waals surface area contributed by atoms with Crippen LogP contribution in [0.1, 0.15) is 65.9 Å². The minimum absolute atomic E-state index is 0.0501. The molecule has 0 radical (unpaired) electrons. The van der Waals surface area contributed by atoms with E-state index in [0.717, 1.165) is 32.1 Å². The van der Waals surface area contributed by atoms with Crippen molar-refractivity contribution in [3.63, 3.8) is 0 Å². The van der Waals surface area contributed by atoms with Gasteiger partial charge in [0.15, 0.2) is 0 Å². The maximum Gasteiger partial charge on any atom is 0.223 e. The third-order valence-corrected chi connectivity index (χ3v) is 4.41. The summed E-state index contributed by atoms with van der Waals surface area (Å²) in [6.07, 6.45) is 5.09. The highest BCUT2D eigenvalue weighted by molar-refractivity contribution is 5.79. The van der Waals surface area contributed by atoms with E-state index in [1.165, 1.54) is 5.56 Å². The third-order valence-electron chi connectivity index (χ3n) is 4.41. The van der Waals surface area contributed by atoms with Gasteiger partial charge in [0.05, 0.1) is 0 Å². The second-order valence-electron chi connectivity index (χ2n) is 7.36. The second kappa shape index (κ2) is 8.97. The molecule has 0 spiro atoms. The Hall–Kier alpha value is -1.31. The lowest BCUT2D eigenvalue weighted by Gasteiger charge is -2.33. The van der Waals surface area contributed by atoms with Crippen LogP contribution in [0.4, 0.5) is 0 Å². The maximum atomic E-state index is 12.6. The van der Waals surface area contributed by atoms with Crippen LogP contribution in [0, 0.1) is 11.3 Å². The van der Waals surface area contributed by atoms with Crippen LogP contribution in [0.15, 0.2) is 30.3 Å². The molecule has 2 nitrogen and oxygen atoms in total. The number of amides is 1. The second-order valence-corrected chi connectivity index (χ2v) is 7.36. The van der Waals surface area contributed by atoms with Gasteiger partial charge in [-0.1, -0.05) is 77.8 Å². The van der Waals surface area contributed by atoms with Crippen LogP contribution in [-0.4, -0.2) is 11.9 Å². The molecule has 2 atom stereocenters. The van der Waals surface area contributed by atoms with Gasteiger partial charge in [-0.3, -0.25) is 4.79 Å². The number of hydrogen-bond donors (Lipinski definition) is 1. The van der Waals surface area contributed by atoms with Gasteiger partial charge in [0.1, 0.15) is 0 Å². The first-order valence-corrected chi connectivity index (χ1v) is 8.72. The van der Waals surface area contributed by atoms with Crippen LogP contribution in [0.3, 0.4) is 0 Å². The van der Waals surface area contributed by atoms with Crippen molar-refractivity contribution in [1.29, 1.82) is 0 Å². The molecule has 2 unspecified atom stereocenters. The lowest BCUT2D eigenvalue weighted by atomic mass is 9.82. The van der Waals surface area contributed by atoms with Crippen LogP contribution < -0.4 is 5.32 Å². The Kier molecular flexibility index (Phi) is 7.64. The molecule has 0 aliphatic carbocycles. The zero-order chi connectivity index (χ0) is 16.6. The Labute approximate surface area is 136 Å². The van der Waals surface area contributed by atoms with Gasteiger partial charge >= 0.3 is 0 Å². The molecule has 1 N–H and O–H groups in total. The van der Waals surface area contributed by atoms with Crippen LogP contribution in [0.2, 0.25) is 0 Å². The molecule has 1 aromatic carbocycles. The average Bonchev–Trinajstić information content (AvgIpc) is 2.47.